The fraction of sp³-hybridized carbons (Fsp3) is 0.143. The van der Waals surface area contributed by atoms with Crippen molar-refractivity contribution in [2.24, 2.45) is 0 Å². The van der Waals surface area contributed by atoms with Gasteiger partial charge in [0.2, 0.25) is 0 Å². The Morgan fingerprint density at radius 2 is 1.74 bits per heavy atom. The van der Waals surface area contributed by atoms with Crippen LogP contribution in [0.15, 0.2) is 54.7 Å². The molecular weight excluding hydrogens is 342 g/mol. The van der Waals surface area contributed by atoms with Gasteiger partial charge in [-0.05, 0) is 60.5 Å². The fourth-order valence-corrected chi connectivity index (χ4v) is 3.20. The quantitative estimate of drug-likeness (QED) is 0.592. The van der Waals surface area contributed by atoms with Crippen LogP contribution in [-0.2, 0) is 0 Å². The summed E-state index contributed by atoms with van der Waals surface area (Å²) in [6.07, 6.45) is 1.76. The summed E-state index contributed by atoms with van der Waals surface area (Å²) in [4.78, 5) is 4.56. The van der Waals surface area contributed by atoms with Gasteiger partial charge >= 0.3 is 0 Å². The first-order valence-electron chi connectivity index (χ1n) is 8.48. The summed E-state index contributed by atoms with van der Waals surface area (Å²) in [5.41, 5.74) is 4.45. The summed E-state index contributed by atoms with van der Waals surface area (Å²) >= 11 is 0. The minimum Gasteiger partial charge on any atom is -0.504 e. The predicted molar refractivity (Wildman–Crippen MR) is 104 cm³/mol. The second-order valence-electron chi connectivity index (χ2n) is 6.14. The molecular formula is C21H19N3O3. The molecule has 0 amide bonds. The van der Waals surface area contributed by atoms with E-state index < -0.39 is 0 Å². The van der Waals surface area contributed by atoms with Crippen molar-refractivity contribution in [3.8, 4) is 34.1 Å². The van der Waals surface area contributed by atoms with Crippen molar-refractivity contribution in [3.05, 3.63) is 60.4 Å². The number of pyridine rings is 1. The molecule has 0 aliphatic rings. The molecule has 4 rings (SSSR count). The Balaban J connectivity index is 1.91. The van der Waals surface area contributed by atoms with Gasteiger partial charge in [-0.25, -0.2) is 9.67 Å². The Labute approximate surface area is 156 Å². The van der Waals surface area contributed by atoms with Crippen LogP contribution in [0.4, 0.5) is 0 Å². The summed E-state index contributed by atoms with van der Waals surface area (Å²) < 4.78 is 12.3. The fourth-order valence-electron chi connectivity index (χ4n) is 3.20. The molecule has 0 aliphatic carbocycles. The number of aromatic nitrogens is 3. The van der Waals surface area contributed by atoms with Crippen molar-refractivity contribution in [3.63, 3.8) is 0 Å². The van der Waals surface area contributed by atoms with E-state index in [1.54, 1.807) is 19.4 Å². The number of aryl methyl sites for hydroxylation is 1. The molecule has 4 aromatic rings. The van der Waals surface area contributed by atoms with Gasteiger partial charge < -0.3 is 14.6 Å². The second kappa shape index (κ2) is 6.64. The number of hydrogen-bond donors (Lipinski definition) is 1. The zero-order chi connectivity index (χ0) is 19.0. The Bertz CT molecular complexity index is 1120. The van der Waals surface area contributed by atoms with Crippen LogP contribution in [0.25, 0.3) is 27.8 Å². The maximum atomic E-state index is 9.88. The maximum Gasteiger partial charge on any atom is 0.163 e. The van der Waals surface area contributed by atoms with Crippen LogP contribution >= 0.6 is 0 Å². The van der Waals surface area contributed by atoms with Gasteiger partial charge in [0.05, 0.1) is 31.0 Å². The molecule has 0 radical (unpaired) electrons. The molecule has 2 heterocycles. The third-order valence-corrected chi connectivity index (χ3v) is 4.55. The number of phenolic OH excluding ortho intramolecular Hbond substituents is 1. The number of phenols is 1. The predicted octanol–water partition coefficient (Wildman–Crippen LogP) is 4.12. The Morgan fingerprint density at radius 3 is 2.44 bits per heavy atom. The molecule has 0 unspecified atom stereocenters. The monoisotopic (exact) mass is 361 g/mol. The third-order valence-electron chi connectivity index (χ3n) is 4.55. The molecule has 0 bridgehead atoms. The summed E-state index contributed by atoms with van der Waals surface area (Å²) in [6.45, 7) is 1.96. The van der Waals surface area contributed by atoms with Gasteiger partial charge in [-0.3, -0.25) is 0 Å². The van der Waals surface area contributed by atoms with Crippen LogP contribution in [0.1, 0.15) is 5.69 Å². The second-order valence-corrected chi connectivity index (χ2v) is 6.14. The summed E-state index contributed by atoms with van der Waals surface area (Å²) in [5.74, 6) is 1.33. The molecule has 0 saturated heterocycles. The molecule has 0 atom stereocenters. The van der Waals surface area contributed by atoms with E-state index in [1.165, 1.54) is 7.11 Å². The third kappa shape index (κ3) is 2.85. The van der Waals surface area contributed by atoms with E-state index in [-0.39, 0.29) is 5.75 Å². The first-order chi connectivity index (χ1) is 13.1. The molecule has 0 saturated carbocycles. The lowest BCUT2D eigenvalue weighted by Gasteiger charge is -2.09. The van der Waals surface area contributed by atoms with Gasteiger partial charge in [0.25, 0.3) is 0 Å². The van der Waals surface area contributed by atoms with Gasteiger partial charge in [0.1, 0.15) is 5.75 Å². The minimum absolute atomic E-state index is 0.109. The standard InChI is InChI=1S/C21H19N3O3/c1-13-20-17(14-4-9-18(25)19(12-14)27-3)10-11-22-21(20)24(23-13)15-5-7-16(26-2)8-6-15/h4-12,25H,1-3H3. The zero-order valence-electron chi connectivity index (χ0n) is 15.3. The van der Waals surface area contributed by atoms with Gasteiger partial charge in [0, 0.05) is 6.20 Å². The van der Waals surface area contributed by atoms with Crippen LogP contribution < -0.4 is 9.47 Å². The zero-order valence-corrected chi connectivity index (χ0v) is 15.3. The average molecular weight is 361 g/mol. The van der Waals surface area contributed by atoms with Crippen LogP contribution in [-0.4, -0.2) is 34.1 Å². The summed E-state index contributed by atoms with van der Waals surface area (Å²) in [7, 11) is 3.18. The number of nitrogens with zero attached hydrogens (tertiary/aromatic N) is 3. The molecule has 0 fully saturated rings. The largest absolute Gasteiger partial charge is 0.504 e. The highest BCUT2D eigenvalue weighted by Gasteiger charge is 2.16. The number of ether oxygens (including phenoxy) is 2. The highest BCUT2D eigenvalue weighted by Crippen LogP contribution is 2.36. The van der Waals surface area contributed by atoms with E-state index in [4.69, 9.17) is 14.6 Å². The first kappa shape index (κ1) is 16.9. The molecule has 2 aromatic carbocycles. The smallest absolute Gasteiger partial charge is 0.163 e. The van der Waals surface area contributed by atoms with Crippen LogP contribution in [0.3, 0.4) is 0 Å². The number of fused-ring (bicyclic) bond motifs is 1. The van der Waals surface area contributed by atoms with E-state index in [0.29, 0.717) is 5.75 Å². The van der Waals surface area contributed by atoms with E-state index in [0.717, 1.165) is 39.3 Å². The van der Waals surface area contributed by atoms with Crippen LogP contribution in [0.5, 0.6) is 17.2 Å². The lowest BCUT2D eigenvalue weighted by Crippen LogP contribution is -1.98. The van der Waals surface area contributed by atoms with Crippen LogP contribution in [0, 0.1) is 6.92 Å². The van der Waals surface area contributed by atoms with E-state index in [1.807, 2.05) is 54.1 Å². The normalized spacial score (nSPS) is 10.9. The topological polar surface area (TPSA) is 69.4 Å². The van der Waals surface area contributed by atoms with E-state index in [2.05, 4.69) is 4.98 Å². The molecule has 1 N–H and O–H groups in total. The lowest BCUT2D eigenvalue weighted by molar-refractivity contribution is 0.373. The number of rotatable bonds is 4. The average Bonchev–Trinajstić information content (AvgIpc) is 3.05. The minimum atomic E-state index is 0.109. The van der Waals surface area contributed by atoms with Crippen LogP contribution in [0.2, 0.25) is 0 Å². The molecule has 27 heavy (non-hydrogen) atoms. The summed E-state index contributed by atoms with van der Waals surface area (Å²) in [6, 6.07) is 14.9. The van der Waals surface area contributed by atoms with Crippen molar-refractivity contribution in [1.29, 1.82) is 0 Å². The molecule has 0 spiro atoms. The maximum absolute atomic E-state index is 9.88. The summed E-state index contributed by atoms with van der Waals surface area (Å²) in [5, 5.41) is 15.5. The highest BCUT2D eigenvalue weighted by atomic mass is 16.5. The van der Waals surface area contributed by atoms with Crippen molar-refractivity contribution in [2.75, 3.05) is 14.2 Å². The number of methoxy groups -OCH3 is 2. The van der Waals surface area contributed by atoms with Gasteiger partial charge in [-0.1, -0.05) is 6.07 Å². The van der Waals surface area contributed by atoms with E-state index in [9.17, 15) is 5.11 Å². The van der Waals surface area contributed by atoms with Crippen molar-refractivity contribution in [2.45, 2.75) is 6.92 Å². The number of hydrogen-bond acceptors (Lipinski definition) is 5. The molecule has 136 valence electrons. The Kier molecular flexibility index (Phi) is 4.16. The van der Waals surface area contributed by atoms with Crippen molar-refractivity contribution in [1.82, 2.24) is 14.8 Å². The number of benzene rings is 2. The van der Waals surface area contributed by atoms with Gasteiger partial charge in [0.15, 0.2) is 17.1 Å². The Morgan fingerprint density at radius 1 is 0.963 bits per heavy atom. The molecule has 2 aromatic heterocycles. The number of aromatic hydroxyl groups is 1. The van der Waals surface area contributed by atoms with Gasteiger partial charge in [-0.2, -0.15) is 5.10 Å². The lowest BCUT2D eigenvalue weighted by atomic mass is 10.0. The first-order valence-corrected chi connectivity index (χ1v) is 8.48. The molecule has 6 heteroatoms. The van der Waals surface area contributed by atoms with Crippen molar-refractivity contribution >= 4 is 11.0 Å². The van der Waals surface area contributed by atoms with E-state index >= 15 is 0 Å². The Hall–Kier alpha value is -3.54. The molecule has 0 aliphatic heterocycles. The van der Waals surface area contributed by atoms with Gasteiger partial charge in [-0.15, -0.1) is 0 Å². The molecule has 6 nitrogen and oxygen atoms in total. The SMILES string of the molecule is COc1ccc(-n2nc(C)c3c(-c4ccc(O)c(OC)c4)ccnc32)cc1. The van der Waals surface area contributed by atoms with Crippen molar-refractivity contribution < 1.29 is 14.6 Å². The highest BCUT2D eigenvalue weighted by molar-refractivity contribution is 5.95.